The topological polar surface area (TPSA) is 147 Å². The zero-order valence-electron chi connectivity index (χ0n) is 16.4. The summed E-state index contributed by atoms with van der Waals surface area (Å²) >= 11 is 0. The van der Waals surface area contributed by atoms with Crippen molar-refractivity contribution in [3.63, 3.8) is 0 Å². The molecule has 0 radical (unpaired) electrons. The Bertz CT molecular complexity index is 1060. The summed E-state index contributed by atoms with van der Waals surface area (Å²) in [5.41, 5.74) is 0.150. The smallest absolute Gasteiger partial charge is 0.337 e. The molecule has 1 fully saturated rings. The maximum atomic E-state index is 12.2. The standard InChI is InChI=1S/C18H21N5O6S/c1-21(2)30(28,29)14-5-3-12(4-6-14)15-16(23(26)27)17(20-11-19-15)22-9-7-13(8-10-22)18(24)25/h3-6,11,13H,7-10H2,1-2H3,(H,24,25). The van der Waals surface area contributed by atoms with E-state index in [4.69, 9.17) is 5.11 Å². The highest BCUT2D eigenvalue weighted by Gasteiger charge is 2.32. The van der Waals surface area contributed by atoms with Crippen LogP contribution in [0.1, 0.15) is 12.8 Å². The normalized spacial score (nSPS) is 15.4. The third kappa shape index (κ3) is 4.09. The summed E-state index contributed by atoms with van der Waals surface area (Å²) in [6.45, 7) is 0.655. The molecule has 0 spiro atoms. The number of aliphatic carboxylic acids is 1. The fourth-order valence-corrected chi connectivity index (χ4v) is 4.22. The molecule has 1 aromatic carbocycles. The predicted octanol–water partition coefficient (Wildman–Crippen LogP) is 1.60. The third-order valence-electron chi connectivity index (χ3n) is 5.04. The molecule has 160 valence electrons. The molecule has 1 aliphatic rings. The Balaban J connectivity index is 1.98. The van der Waals surface area contributed by atoms with Crippen LogP contribution in [0.25, 0.3) is 11.3 Å². The highest BCUT2D eigenvalue weighted by Crippen LogP contribution is 2.36. The van der Waals surface area contributed by atoms with Crippen LogP contribution in [0.15, 0.2) is 35.5 Å². The van der Waals surface area contributed by atoms with Gasteiger partial charge in [0.15, 0.2) is 5.69 Å². The fourth-order valence-electron chi connectivity index (χ4n) is 3.31. The van der Waals surface area contributed by atoms with Gasteiger partial charge in [-0.05, 0) is 25.0 Å². The number of sulfonamides is 1. The first-order valence-electron chi connectivity index (χ1n) is 9.13. The fraction of sp³-hybridized carbons (Fsp3) is 0.389. The quantitative estimate of drug-likeness (QED) is 0.528. The number of rotatable bonds is 6. The Morgan fingerprint density at radius 3 is 2.30 bits per heavy atom. The second-order valence-corrected chi connectivity index (χ2v) is 9.21. The summed E-state index contributed by atoms with van der Waals surface area (Å²) < 4.78 is 25.5. The van der Waals surface area contributed by atoms with Crippen molar-refractivity contribution in [3.05, 3.63) is 40.7 Å². The van der Waals surface area contributed by atoms with Gasteiger partial charge in [0.25, 0.3) is 0 Å². The molecule has 1 aromatic heterocycles. The average Bonchev–Trinajstić information content (AvgIpc) is 2.73. The lowest BCUT2D eigenvalue weighted by Gasteiger charge is -2.30. The minimum atomic E-state index is -3.63. The van der Waals surface area contributed by atoms with E-state index in [0.717, 1.165) is 4.31 Å². The molecule has 11 nitrogen and oxygen atoms in total. The molecule has 12 heteroatoms. The molecule has 3 rings (SSSR count). The number of nitrogens with zero attached hydrogens (tertiary/aromatic N) is 5. The number of carboxylic acids is 1. The van der Waals surface area contributed by atoms with Crippen molar-refractivity contribution in [2.45, 2.75) is 17.7 Å². The Labute approximate surface area is 173 Å². The molecule has 0 amide bonds. The van der Waals surface area contributed by atoms with E-state index in [1.165, 1.54) is 44.7 Å². The lowest BCUT2D eigenvalue weighted by Crippen LogP contribution is -2.37. The van der Waals surface area contributed by atoms with E-state index in [1.807, 2.05) is 0 Å². The number of anilines is 1. The molecular weight excluding hydrogens is 414 g/mol. The van der Waals surface area contributed by atoms with Crippen LogP contribution in [0.3, 0.4) is 0 Å². The van der Waals surface area contributed by atoms with Gasteiger partial charge < -0.3 is 10.0 Å². The van der Waals surface area contributed by atoms with Crippen LogP contribution in [0, 0.1) is 16.0 Å². The largest absolute Gasteiger partial charge is 0.481 e. The summed E-state index contributed by atoms with van der Waals surface area (Å²) in [7, 11) is -0.799. The zero-order valence-corrected chi connectivity index (χ0v) is 17.2. The van der Waals surface area contributed by atoms with Gasteiger partial charge in [-0.3, -0.25) is 14.9 Å². The number of hydrogen-bond acceptors (Lipinski definition) is 8. The molecule has 30 heavy (non-hydrogen) atoms. The Morgan fingerprint density at radius 1 is 1.20 bits per heavy atom. The van der Waals surface area contributed by atoms with Crippen molar-refractivity contribution >= 4 is 27.5 Å². The lowest BCUT2D eigenvalue weighted by molar-refractivity contribution is -0.383. The monoisotopic (exact) mass is 435 g/mol. The maximum absolute atomic E-state index is 12.2. The van der Waals surface area contributed by atoms with Crippen molar-refractivity contribution in [1.29, 1.82) is 0 Å². The van der Waals surface area contributed by atoms with Crippen LogP contribution in [0.5, 0.6) is 0 Å². The van der Waals surface area contributed by atoms with Gasteiger partial charge in [-0.25, -0.2) is 22.7 Å². The van der Waals surface area contributed by atoms with Crippen LogP contribution >= 0.6 is 0 Å². The molecule has 0 unspecified atom stereocenters. The van der Waals surface area contributed by atoms with Crippen LogP contribution in [-0.4, -0.2) is 65.9 Å². The van der Waals surface area contributed by atoms with Gasteiger partial charge in [-0.2, -0.15) is 0 Å². The molecule has 0 aliphatic carbocycles. The van der Waals surface area contributed by atoms with E-state index < -0.39 is 26.8 Å². The highest BCUT2D eigenvalue weighted by atomic mass is 32.2. The van der Waals surface area contributed by atoms with Crippen LogP contribution in [0.2, 0.25) is 0 Å². The third-order valence-corrected chi connectivity index (χ3v) is 6.86. The second kappa shape index (κ2) is 8.32. The zero-order chi connectivity index (χ0) is 22.1. The second-order valence-electron chi connectivity index (χ2n) is 7.06. The van der Waals surface area contributed by atoms with Crippen molar-refractivity contribution in [2.75, 3.05) is 32.1 Å². The van der Waals surface area contributed by atoms with Crippen molar-refractivity contribution in [2.24, 2.45) is 5.92 Å². The SMILES string of the molecule is CN(C)S(=O)(=O)c1ccc(-c2ncnc(N3CCC(C(=O)O)CC3)c2[N+](=O)[O-])cc1. The van der Waals surface area contributed by atoms with Crippen LogP contribution < -0.4 is 4.90 Å². The minimum absolute atomic E-state index is 0.0592. The van der Waals surface area contributed by atoms with Gasteiger partial charge in [-0.15, -0.1) is 0 Å². The first-order valence-corrected chi connectivity index (χ1v) is 10.6. The molecule has 1 saturated heterocycles. The Hall–Kier alpha value is -3.12. The molecule has 2 heterocycles. The average molecular weight is 435 g/mol. The number of carboxylic acid groups (broad SMARTS) is 1. The molecule has 0 atom stereocenters. The van der Waals surface area contributed by atoms with E-state index in [0.29, 0.717) is 31.5 Å². The summed E-state index contributed by atoms with van der Waals surface area (Å²) in [5.74, 6) is -1.23. The summed E-state index contributed by atoms with van der Waals surface area (Å²) in [6, 6.07) is 5.67. The van der Waals surface area contributed by atoms with Gasteiger partial charge in [0.2, 0.25) is 15.8 Å². The summed E-state index contributed by atoms with van der Waals surface area (Å²) in [4.78, 5) is 32.3. The summed E-state index contributed by atoms with van der Waals surface area (Å²) in [5, 5.41) is 21.0. The predicted molar refractivity (Wildman–Crippen MR) is 108 cm³/mol. The van der Waals surface area contributed by atoms with E-state index in [9.17, 15) is 23.3 Å². The van der Waals surface area contributed by atoms with E-state index in [-0.39, 0.29) is 22.1 Å². The van der Waals surface area contributed by atoms with Gasteiger partial charge >= 0.3 is 11.7 Å². The first kappa shape index (κ1) is 21.6. The molecule has 1 aliphatic heterocycles. The van der Waals surface area contributed by atoms with Crippen LogP contribution in [-0.2, 0) is 14.8 Å². The first-order chi connectivity index (χ1) is 14.1. The number of aromatic nitrogens is 2. The van der Waals surface area contributed by atoms with Crippen molar-refractivity contribution in [1.82, 2.24) is 14.3 Å². The number of nitro groups is 1. The minimum Gasteiger partial charge on any atom is -0.481 e. The highest BCUT2D eigenvalue weighted by molar-refractivity contribution is 7.89. The van der Waals surface area contributed by atoms with E-state index in [2.05, 4.69) is 9.97 Å². The van der Waals surface area contributed by atoms with Crippen LogP contribution in [0.4, 0.5) is 11.5 Å². The van der Waals surface area contributed by atoms with Gasteiger partial charge in [0.05, 0.1) is 15.7 Å². The number of hydrogen-bond donors (Lipinski definition) is 1. The number of benzene rings is 1. The molecule has 0 bridgehead atoms. The van der Waals surface area contributed by atoms with Gasteiger partial charge in [-0.1, -0.05) is 12.1 Å². The van der Waals surface area contributed by atoms with E-state index >= 15 is 0 Å². The number of piperidine rings is 1. The molecular formula is C18H21N5O6S. The lowest BCUT2D eigenvalue weighted by atomic mass is 9.97. The van der Waals surface area contributed by atoms with Gasteiger partial charge in [0, 0.05) is 32.7 Å². The van der Waals surface area contributed by atoms with Gasteiger partial charge in [0.1, 0.15) is 6.33 Å². The molecule has 0 saturated carbocycles. The molecule has 2 aromatic rings. The maximum Gasteiger partial charge on any atom is 0.337 e. The van der Waals surface area contributed by atoms with Crippen molar-refractivity contribution < 1.29 is 23.2 Å². The molecule has 1 N–H and O–H groups in total. The Morgan fingerprint density at radius 2 is 1.80 bits per heavy atom. The van der Waals surface area contributed by atoms with Crippen molar-refractivity contribution in [3.8, 4) is 11.3 Å². The van der Waals surface area contributed by atoms with E-state index in [1.54, 1.807) is 4.90 Å². The Kier molecular flexibility index (Phi) is 5.99. The number of carbonyl (C=O) groups is 1. The summed E-state index contributed by atoms with van der Waals surface area (Å²) in [6.07, 6.45) is 1.94.